The predicted octanol–water partition coefficient (Wildman–Crippen LogP) is 2.88. The van der Waals surface area contributed by atoms with Crippen molar-refractivity contribution in [2.75, 3.05) is 0 Å². The summed E-state index contributed by atoms with van der Waals surface area (Å²) >= 11 is 0. The molecule has 0 saturated heterocycles. The molecule has 0 unspecified atom stereocenters. The number of carbonyl (C=O) groups is 1. The molecule has 0 spiro atoms. The van der Waals surface area contributed by atoms with E-state index in [0.717, 1.165) is 5.39 Å². The molecule has 2 rings (SSSR count). The van der Waals surface area contributed by atoms with E-state index in [1.165, 1.54) is 6.07 Å². The third kappa shape index (κ3) is 3.02. The van der Waals surface area contributed by atoms with E-state index >= 15 is 0 Å². The first-order chi connectivity index (χ1) is 8.88. The Bertz CT molecular complexity index is 662. The Morgan fingerprint density at radius 2 is 1.95 bits per heavy atom. The summed E-state index contributed by atoms with van der Waals surface area (Å²) < 4.78 is 10.4. The molecular formula is C15H16O4. The van der Waals surface area contributed by atoms with Gasteiger partial charge in [-0.25, -0.2) is 4.79 Å². The topological polar surface area (TPSA) is 56.5 Å². The highest BCUT2D eigenvalue weighted by molar-refractivity contribution is 5.80. The van der Waals surface area contributed by atoms with Gasteiger partial charge in [0.15, 0.2) is 0 Å². The SMILES string of the molecule is CC(C)(C)C(=O)OCc1cccc2ccc(=O)oc12. The smallest absolute Gasteiger partial charge is 0.336 e. The highest BCUT2D eigenvalue weighted by Crippen LogP contribution is 2.20. The number of ether oxygens (including phenoxy) is 1. The number of rotatable bonds is 2. The molecule has 0 aliphatic rings. The summed E-state index contributed by atoms with van der Waals surface area (Å²) in [7, 11) is 0. The van der Waals surface area contributed by atoms with Crippen molar-refractivity contribution >= 4 is 16.9 Å². The maximum absolute atomic E-state index is 11.7. The summed E-state index contributed by atoms with van der Waals surface area (Å²) in [6.07, 6.45) is 0. The molecule has 0 amide bonds. The fourth-order valence-corrected chi connectivity index (χ4v) is 1.63. The zero-order valence-electron chi connectivity index (χ0n) is 11.2. The lowest BCUT2D eigenvalue weighted by atomic mass is 9.97. The molecule has 0 atom stereocenters. The van der Waals surface area contributed by atoms with Crippen molar-refractivity contribution in [3.8, 4) is 0 Å². The first-order valence-corrected chi connectivity index (χ1v) is 6.07. The van der Waals surface area contributed by atoms with Crippen molar-refractivity contribution in [1.82, 2.24) is 0 Å². The van der Waals surface area contributed by atoms with Crippen LogP contribution >= 0.6 is 0 Å². The van der Waals surface area contributed by atoms with Crippen LogP contribution < -0.4 is 5.63 Å². The van der Waals surface area contributed by atoms with Crippen LogP contribution in [0.1, 0.15) is 26.3 Å². The number of hydrogen-bond donors (Lipinski definition) is 0. The van der Waals surface area contributed by atoms with Gasteiger partial charge in [0.25, 0.3) is 0 Å². The van der Waals surface area contributed by atoms with Crippen molar-refractivity contribution in [2.45, 2.75) is 27.4 Å². The molecule has 100 valence electrons. The Morgan fingerprint density at radius 1 is 1.21 bits per heavy atom. The summed E-state index contributed by atoms with van der Waals surface area (Å²) in [4.78, 5) is 23.0. The van der Waals surface area contributed by atoms with E-state index in [4.69, 9.17) is 9.15 Å². The van der Waals surface area contributed by atoms with Gasteiger partial charge in [0.2, 0.25) is 0 Å². The first-order valence-electron chi connectivity index (χ1n) is 6.07. The molecule has 0 N–H and O–H groups in total. The Kier molecular flexibility index (Phi) is 3.42. The Labute approximate surface area is 111 Å². The minimum atomic E-state index is -0.550. The van der Waals surface area contributed by atoms with Gasteiger partial charge >= 0.3 is 11.6 Å². The summed E-state index contributed by atoms with van der Waals surface area (Å²) in [5.41, 5.74) is 0.192. The van der Waals surface area contributed by atoms with Gasteiger partial charge in [0.1, 0.15) is 12.2 Å². The van der Waals surface area contributed by atoms with Gasteiger partial charge < -0.3 is 9.15 Å². The summed E-state index contributed by atoms with van der Waals surface area (Å²) in [6, 6.07) is 8.51. The molecule has 0 radical (unpaired) electrons. The predicted molar refractivity (Wildman–Crippen MR) is 71.7 cm³/mol. The normalized spacial score (nSPS) is 11.5. The molecule has 19 heavy (non-hydrogen) atoms. The maximum atomic E-state index is 11.7. The minimum absolute atomic E-state index is 0.0976. The molecular weight excluding hydrogens is 244 g/mol. The van der Waals surface area contributed by atoms with E-state index in [-0.39, 0.29) is 12.6 Å². The van der Waals surface area contributed by atoms with Crippen LogP contribution in [0.15, 0.2) is 39.5 Å². The third-order valence-electron chi connectivity index (χ3n) is 2.70. The molecule has 1 aromatic carbocycles. The summed E-state index contributed by atoms with van der Waals surface area (Å²) in [5, 5.41) is 0.809. The van der Waals surface area contributed by atoms with Crippen molar-refractivity contribution < 1.29 is 13.9 Å². The maximum Gasteiger partial charge on any atom is 0.336 e. The van der Waals surface area contributed by atoms with Crippen molar-refractivity contribution in [3.05, 3.63) is 46.3 Å². The van der Waals surface area contributed by atoms with E-state index in [0.29, 0.717) is 11.1 Å². The van der Waals surface area contributed by atoms with E-state index in [1.54, 1.807) is 32.9 Å². The molecule has 0 fully saturated rings. The second kappa shape index (κ2) is 4.88. The fraction of sp³-hybridized carbons (Fsp3) is 0.333. The molecule has 4 nitrogen and oxygen atoms in total. The van der Waals surface area contributed by atoms with Crippen molar-refractivity contribution in [3.63, 3.8) is 0 Å². The van der Waals surface area contributed by atoms with Gasteiger partial charge in [0, 0.05) is 17.0 Å². The lowest BCUT2D eigenvalue weighted by Gasteiger charge is -2.16. The van der Waals surface area contributed by atoms with E-state index in [1.807, 2.05) is 12.1 Å². The number of fused-ring (bicyclic) bond motifs is 1. The molecule has 2 aromatic rings. The van der Waals surface area contributed by atoms with Crippen LogP contribution in [-0.2, 0) is 16.1 Å². The van der Waals surface area contributed by atoms with Crippen LogP contribution in [0.4, 0.5) is 0 Å². The number of carbonyl (C=O) groups excluding carboxylic acids is 1. The lowest BCUT2D eigenvalue weighted by Crippen LogP contribution is -2.22. The molecule has 4 heteroatoms. The average molecular weight is 260 g/mol. The summed E-state index contributed by atoms with van der Waals surface area (Å²) in [5.74, 6) is -0.289. The first kappa shape index (κ1) is 13.3. The quantitative estimate of drug-likeness (QED) is 0.615. The van der Waals surface area contributed by atoms with Crippen LogP contribution in [-0.4, -0.2) is 5.97 Å². The molecule has 1 aromatic heterocycles. The van der Waals surface area contributed by atoms with Gasteiger partial charge in [-0.2, -0.15) is 0 Å². The highest BCUT2D eigenvalue weighted by Gasteiger charge is 2.23. The van der Waals surface area contributed by atoms with E-state index in [2.05, 4.69) is 0 Å². The molecule has 0 bridgehead atoms. The Morgan fingerprint density at radius 3 is 2.63 bits per heavy atom. The number of hydrogen-bond acceptors (Lipinski definition) is 4. The zero-order chi connectivity index (χ0) is 14.0. The third-order valence-corrected chi connectivity index (χ3v) is 2.70. The largest absolute Gasteiger partial charge is 0.460 e. The number of esters is 1. The molecule has 0 aliphatic carbocycles. The monoisotopic (exact) mass is 260 g/mol. The number of benzene rings is 1. The second-order valence-electron chi connectivity index (χ2n) is 5.42. The van der Waals surface area contributed by atoms with E-state index in [9.17, 15) is 9.59 Å². The van der Waals surface area contributed by atoms with Gasteiger partial charge in [-0.15, -0.1) is 0 Å². The fourth-order valence-electron chi connectivity index (χ4n) is 1.63. The van der Waals surface area contributed by atoms with Gasteiger partial charge in [0.05, 0.1) is 5.41 Å². The van der Waals surface area contributed by atoms with Crippen LogP contribution in [0.25, 0.3) is 11.0 Å². The lowest BCUT2D eigenvalue weighted by molar-refractivity contribution is -0.154. The standard InChI is InChI=1S/C15H16O4/c1-15(2,3)14(17)18-9-11-6-4-5-10-7-8-12(16)19-13(10)11/h4-8H,9H2,1-3H3. The van der Waals surface area contributed by atoms with Crippen LogP contribution in [0, 0.1) is 5.41 Å². The van der Waals surface area contributed by atoms with E-state index < -0.39 is 11.0 Å². The van der Waals surface area contributed by atoms with Gasteiger partial charge in [-0.1, -0.05) is 18.2 Å². The second-order valence-corrected chi connectivity index (χ2v) is 5.42. The molecule has 1 heterocycles. The average Bonchev–Trinajstić information content (AvgIpc) is 2.34. The molecule has 0 aliphatic heterocycles. The van der Waals surface area contributed by atoms with Crippen molar-refractivity contribution in [1.29, 1.82) is 0 Å². The van der Waals surface area contributed by atoms with Gasteiger partial charge in [-0.05, 0) is 26.8 Å². The zero-order valence-corrected chi connectivity index (χ0v) is 11.2. The van der Waals surface area contributed by atoms with Crippen molar-refractivity contribution in [2.24, 2.45) is 5.41 Å². The molecule has 0 saturated carbocycles. The van der Waals surface area contributed by atoms with Crippen LogP contribution in [0.2, 0.25) is 0 Å². The van der Waals surface area contributed by atoms with Crippen LogP contribution in [0.5, 0.6) is 0 Å². The minimum Gasteiger partial charge on any atom is -0.460 e. The van der Waals surface area contributed by atoms with Gasteiger partial charge in [-0.3, -0.25) is 4.79 Å². The number of para-hydroxylation sites is 1. The highest BCUT2D eigenvalue weighted by atomic mass is 16.5. The Balaban J connectivity index is 2.29. The Hall–Kier alpha value is -2.10. The summed E-state index contributed by atoms with van der Waals surface area (Å²) in [6.45, 7) is 5.47. The van der Waals surface area contributed by atoms with Crippen LogP contribution in [0.3, 0.4) is 0 Å².